The molecular weight excluding hydrogens is 142 g/mol. The van der Waals surface area contributed by atoms with Crippen molar-refractivity contribution in [2.75, 3.05) is 0 Å². The fourth-order valence-corrected chi connectivity index (χ4v) is 1.75. The van der Waals surface area contributed by atoms with Crippen molar-refractivity contribution in [1.82, 2.24) is 5.32 Å². The van der Waals surface area contributed by atoms with E-state index in [1.54, 1.807) is 0 Å². The molecule has 2 N–H and O–H groups in total. The second-order valence-electron chi connectivity index (χ2n) is 3.54. The zero-order valence-electron chi connectivity index (χ0n) is 7.00. The summed E-state index contributed by atoms with van der Waals surface area (Å²) in [5, 5.41) is 11.8. The minimum Gasteiger partial charge on any atom is -0.480 e. The Kier molecular flexibility index (Phi) is 2.49. The lowest BCUT2D eigenvalue weighted by atomic mass is 9.90. The summed E-state index contributed by atoms with van der Waals surface area (Å²) in [6.45, 7) is 4.14. The molecule has 0 aromatic rings. The van der Waals surface area contributed by atoms with E-state index in [1.807, 2.05) is 6.92 Å². The number of carboxylic acid groups (broad SMARTS) is 1. The first-order valence-corrected chi connectivity index (χ1v) is 4.08. The lowest BCUT2D eigenvalue weighted by molar-refractivity contribution is -0.140. The first kappa shape index (κ1) is 8.53. The predicted molar refractivity (Wildman–Crippen MR) is 42.4 cm³/mol. The Morgan fingerprint density at radius 1 is 1.45 bits per heavy atom. The Bertz CT molecular complexity index is 148. The van der Waals surface area contributed by atoms with Crippen molar-refractivity contribution >= 4 is 5.97 Å². The molecule has 0 unspecified atom stereocenters. The van der Waals surface area contributed by atoms with Gasteiger partial charge in [0, 0.05) is 6.04 Å². The number of carbonyl (C=O) groups is 1. The third-order valence-corrected chi connectivity index (χ3v) is 2.18. The van der Waals surface area contributed by atoms with Crippen LogP contribution < -0.4 is 5.32 Å². The molecule has 0 aliphatic carbocycles. The number of hydrogen-bond donors (Lipinski definition) is 2. The molecule has 1 rings (SSSR count). The topological polar surface area (TPSA) is 49.3 Å². The van der Waals surface area contributed by atoms with Crippen LogP contribution >= 0.6 is 0 Å². The summed E-state index contributed by atoms with van der Waals surface area (Å²) in [7, 11) is 0. The molecule has 0 radical (unpaired) electrons. The van der Waals surface area contributed by atoms with Crippen LogP contribution in [0, 0.1) is 5.92 Å². The third kappa shape index (κ3) is 2.19. The van der Waals surface area contributed by atoms with E-state index < -0.39 is 5.97 Å². The van der Waals surface area contributed by atoms with E-state index in [0.717, 1.165) is 12.8 Å². The second-order valence-corrected chi connectivity index (χ2v) is 3.54. The van der Waals surface area contributed by atoms with Gasteiger partial charge >= 0.3 is 5.97 Å². The summed E-state index contributed by atoms with van der Waals surface area (Å²) in [5.74, 6) is -0.184. The molecule has 1 fully saturated rings. The van der Waals surface area contributed by atoms with Crippen molar-refractivity contribution in [3.8, 4) is 0 Å². The number of piperidine rings is 1. The maximum atomic E-state index is 10.6. The highest BCUT2D eigenvalue weighted by molar-refractivity contribution is 5.73. The molecule has 1 saturated heterocycles. The molecule has 0 aromatic carbocycles. The second kappa shape index (κ2) is 3.22. The van der Waals surface area contributed by atoms with Gasteiger partial charge in [0.25, 0.3) is 0 Å². The highest BCUT2D eigenvalue weighted by atomic mass is 16.4. The van der Waals surface area contributed by atoms with Crippen molar-refractivity contribution in [3.05, 3.63) is 0 Å². The van der Waals surface area contributed by atoms with E-state index in [9.17, 15) is 4.79 Å². The Hall–Kier alpha value is -0.570. The SMILES string of the molecule is C[C@@H]1C[C@@H](C)N[C@@H](C(=O)O)C1. The molecule has 0 bridgehead atoms. The van der Waals surface area contributed by atoms with Gasteiger partial charge in [0.1, 0.15) is 6.04 Å². The first-order valence-electron chi connectivity index (χ1n) is 4.08. The lowest BCUT2D eigenvalue weighted by Crippen LogP contribution is -2.47. The molecular formula is C8H15NO2. The Balaban J connectivity index is 2.49. The molecule has 0 amide bonds. The summed E-state index contributed by atoms with van der Waals surface area (Å²) in [6.07, 6.45) is 1.85. The molecule has 0 saturated carbocycles. The number of aliphatic carboxylic acids is 1. The van der Waals surface area contributed by atoms with Gasteiger partial charge in [-0.15, -0.1) is 0 Å². The molecule has 1 heterocycles. The number of carboxylic acids is 1. The molecule has 1 aliphatic rings. The van der Waals surface area contributed by atoms with Crippen molar-refractivity contribution in [2.24, 2.45) is 5.92 Å². The Morgan fingerprint density at radius 3 is 2.55 bits per heavy atom. The van der Waals surface area contributed by atoms with Crippen molar-refractivity contribution in [2.45, 2.75) is 38.8 Å². The van der Waals surface area contributed by atoms with Crippen LogP contribution in [0.4, 0.5) is 0 Å². The normalized spacial score (nSPS) is 38.5. The van der Waals surface area contributed by atoms with Gasteiger partial charge in [-0.25, -0.2) is 0 Å². The molecule has 3 atom stereocenters. The van der Waals surface area contributed by atoms with Gasteiger partial charge < -0.3 is 10.4 Å². The number of rotatable bonds is 1. The minimum absolute atomic E-state index is 0.325. The molecule has 64 valence electrons. The molecule has 0 spiro atoms. The van der Waals surface area contributed by atoms with Gasteiger partial charge in [0.15, 0.2) is 0 Å². The van der Waals surface area contributed by atoms with E-state index in [1.165, 1.54) is 0 Å². The Labute approximate surface area is 66.8 Å². The summed E-state index contributed by atoms with van der Waals surface area (Å²) in [4.78, 5) is 10.6. The Morgan fingerprint density at radius 2 is 2.09 bits per heavy atom. The largest absolute Gasteiger partial charge is 0.480 e. The number of nitrogens with one attached hydrogen (secondary N) is 1. The number of hydrogen-bond acceptors (Lipinski definition) is 2. The van der Waals surface area contributed by atoms with Crippen molar-refractivity contribution < 1.29 is 9.90 Å². The van der Waals surface area contributed by atoms with Gasteiger partial charge in [-0.1, -0.05) is 6.92 Å². The van der Waals surface area contributed by atoms with Crippen LogP contribution in [0.2, 0.25) is 0 Å². The fraction of sp³-hybridized carbons (Fsp3) is 0.875. The molecule has 1 aliphatic heterocycles. The zero-order chi connectivity index (χ0) is 8.43. The smallest absolute Gasteiger partial charge is 0.320 e. The summed E-state index contributed by atoms with van der Waals surface area (Å²) in [6, 6.07) is 0.0219. The summed E-state index contributed by atoms with van der Waals surface area (Å²) < 4.78 is 0. The van der Waals surface area contributed by atoms with Crippen LogP contribution in [-0.2, 0) is 4.79 Å². The molecule has 3 nitrogen and oxygen atoms in total. The van der Waals surface area contributed by atoms with E-state index in [2.05, 4.69) is 12.2 Å². The van der Waals surface area contributed by atoms with Gasteiger partial charge in [0.2, 0.25) is 0 Å². The average molecular weight is 157 g/mol. The van der Waals surface area contributed by atoms with Crippen LogP contribution in [0.5, 0.6) is 0 Å². The first-order chi connectivity index (χ1) is 5.09. The van der Waals surface area contributed by atoms with Gasteiger partial charge in [-0.3, -0.25) is 4.79 Å². The minimum atomic E-state index is -0.719. The molecule has 3 heteroatoms. The van der Waals surface area contributed by atoms with Crippen molar-refractivity contribution in [1.29, 1.82) is 0 Å². The predicted octanol–water partition coefficient (Wildman–Crippen LogP) is 0.848. The summed E-state index contributed by atoms with van der Waals surface area (Å²) >= 11 is 0. The zero-order valence-corrected chi connectivity index (χ0v) is 7.00. The highest BCUT2D eigenvalue weighted by Crippen LogP contribution is 2.19. The van der Waals surface area contributed by atoms with Gasteiger partial charge in [-0.05, 0) is 25.7 Å². The monoisotopic (exact) mass is 157 g/mol. The lowest BCUT2D eigenvalue weighted by Gasteiger charge is -2.30. The van der Waals surface area contributed by atoms with E-state index in [0.29, 0.717) is 12.0 Å². The van der Waals surface area contributed by atoms with Crippen LogP contribution in [-0.4, -0.2) is 23.2 Å². The maximum Gasteiger partial charge on any atom is 0.320 e. The van der Waals surface area contributed by atoms with E-state index in [-0.39, 0.29) is 6.04 Å². The average Bonchev–Trinajstić information content (AvgIpc) is 1.85. The van der Waals surface area contributed by atoms with Gasteiger partial charge in [0.05, 0.1) is 0 Å². The van der Waals surface area contributed by atoms with Crippen LogP contribution in [0.1, 0.15) is 26.7 Å². The fourth-order valence-electron chi connectivity index (χ4n) is 1.75. The van der Waals surface area contributed by atoms with Crippen LogP contribution in [0.3, 0.4) is 0 Å². The highest BCUT2D eigenvalue weighted by Gasteiger charge is 2.27. The van der Waals surface area contributed by atoms with Crippen molar-refractivity contribution in [3.63, 3.8) is 0 Å². The van der Waals surface area contributed by atoms with Crippen LogP contribution in [0.15, 0.2) is 0 Å². The van der Waals surface area contributed by atoms with Gasteiger partial charge in [-0.2, -0.15) is 0 Å². The quantitative estimate of drug-likeness (QED) is 0.593. The molecule has 0 aromatic heterocycles. The standard InChI is InChI=1S/C8H15NO2/c1-5-3-6(2)9-7(4-5)8(10)11/h5-7,9H,3-4H2,1-2H3,(H,10,11)/t5-,6-,7-/m1/s1. The van der Waals surface area contributed by atoms with E-state index >= 15 is 0 Å². The molecule has 11 heavy (non-hydrogen) atoms. The summed E-state index contributed by atoms with van der Waals surface area (Å²) in [5.41, 5.74) is 0. The maximum absolute atomic E-state index is 10.6. The van der Waals surface area contributed by atoms with E-state index in [4.69, 9.17) is 5.11 Å². The third-order valence-electron chi connectivity index (χ3n) is 2.18. The van der Waals surface area contributed by atoms with Crippen LogP contribution in [0.25, 0.3) is 0 Å².